The molecule has 0 fully saturated rings. The molecule has 2 heterocycles. The zero-order chi connectivity index (χ0) is 10.7. The Bertz CT molecular complexity index is 463. The minimum atomic E-state index is 0.0486. The summed E-state index contributed by atoms with van der Waals surface area (Å²) in [6, 6.07) is 5.57. The van der Waals surface area contributed by atoms with E-state index in [9.17, 15) is 4.79 Å². The van der Waals surface area contributed by atoms with Gasteiger partial charge in [-0.25, -0.2) is 4.68 Å². The lowest BCUT2D eigenvalue weighted by atomic mass is 10.3. The molecule has 0 unspecified atom stereocenters. The molecule has 0 aliphatic carbocycles. The van der Waals surface area contributed by atoms with Crippen molar-refractivity contribution >= 4 is 5.78 Å². The first-order chi connectivity index (χ1) is 7.25. The predicted molar refractivity (Wildman–Crippen MR) is 53.9 cm³/mol. The summed E-state index contributed by atoms with van der Waals surface area (Å²) in [5, 5.41) is 7.78. The largest absolute Gasteiger partial charge is 0.298 e. The Labute approximate surface area is 86.8 Å². The second kappa shape index (κ2) is 4.00. The van der Waals surface area contributed by atoms with Gasteiger partial charge in [-0.2, -0.15) is 0 Å². The fourth-order valence-corrected chi connectivity index (χ4v) is 1.24. The Morgan fingerprint density at radius 2 is 2.27 bits per heavy atom. The number of carbonyl (C=O) groups is 1. The third-order valence-electron chi connectivity index (χ3n) is 1.85. The Morgan fingerprint density at radius 3 is 2.93 bits per heavy atom. The third kappa shape index (κ3) is 2.25. The number of carbonyl (C=O) groups excluding carboxylic acids is 1. The van der Waals surface area contributed by atoms with Crippen molar-refractivity contribution in [3.8, 4) is 11.4 Å². The quantitative estimate of drug-likeness (QED) is 0.742. The highest BCUT2D eigenvalue weighted by atomic mass is 16.1. The molecule has 0 saturated carbocycles. The average Bonchev–Trinajstić information content (AvgIpc) is 2.67. The van der Waals surface area contributed by atoms with Gasteiger partial charge < -0.3 is 0 Å². The number of hydrogen-bond donors (Lipinski definition) is 0. The van der Waals surface area contributed by atoms with Crippen molar-refractivity contribution in [3.63, 3.8) is 0 Å². The molecule has 0 radical (unpaired) electrons. The molecule has 0 atom stereocenters. The molecule has 2 aromatic heterocycles. The molecular formula is C10H10N4O. The second-order valence-electron chi connectivity index (χ2n) is 3.22. The van der Waals surface area contributed by atoms with Gasteiger partial charge in [-0.15, -0.1) is 5.10 Å². The van der Waals surface area contributed by atoms with E-state index in [-0.39, 0.29) is 12.3 Å². The lowest BCUT2D eigenvalue weighted by Crippen LogP contribution is -2.06. The summed E-state index contributed by atoms with van der Waals surface area (Å²) < 4.78 is 1.51. The monoisotopic (exact) mass is 202 g/mol. The molecule has 0 saturated heterocycles. The first-order valence-electron chi connectivity index (χ1n) is 4.56. The minimum Gasteiger partial charge on any atom is -0.298 e. The van der Waals surface area contributed by atoms with Crippen LogP contribution in [0.25, 0.3) is 11.4 Å². The maximum atomic E-state index is 10.9. The number of Topliss-reactive ketones (excluding diaryl/α,β-unsaturated/α-hetero) is 1. The van der Waals surface area contributed by atoms with Crippen LogP contribution in [0.3, 0.4) is 0 Å². The van der Waals surface area contributed by atoms with Gasteiger partial charge >= 0.3 is 0 Å². The van der Waals surface area contributed by atoms with Crippen LogP contribution >= 0.6 is 0 Å². The van der Waals surface area contributed by atoms with Crippen LogP contribution in [0.4, 0.5) is 0 Å². The van der Waals surface area contributed by atoms with Crippen molar-refractivity contribution in [2.24, 2.45) is 0 Å². The highest BCUT2D eigenvalue weighted by Crippen LogP contribution is 2.11. The summed E-state index contributed by atoms with van der Waals surface area (Å²) in [6.07, 6.45) is 3.41. The molecule has 0 bridgehead atoms. The van der Waals surface area contributed by atoms with E-state index >= 15 is 0 Å². The van der Waals surface area contributed by atoms with Gasteiger partial charge in [0.2, 0.25) is 0 Å². The van der Waals surface area contributed by atoms with Gasteiger partial charge in [-0.1, -0.05) is 11.3 Å². The van der Waals surface area contributed by atoms with Crippen LogP contribution < -0.4 is 0 Å². The molecule has 76 valence electrons. The molecule has 15 heavy (non-hydrogen) atoms. The van der Waals surface area contributed by atoms with E-state index in [1.165, 1.54) is 11.6 Å². The van der Waals surface area contributed by atoms with Gasteiger partial charge in [-0.3, -0.25) is 9.78 Å². The summed E-state index contributed by atoms with van der Waals surface area (Å²) in [5.74, 6) is 0.0486. The van der Waals surface area contributed by atoms with Crippen LogP contribution in [0.2, 0.25) is 0 Å². The number of rotatable bonds is 3. The molecule has 0 spiro atoms. The lowest BCUT2D eigenvalue weighted by molar-refractivity contribution is -0.117. The Kier molecular flexibility index (Phi) is 2.53. The van der Waals surface area contributed by atoms with Crippen molar-refractivity contribution in [2.75, 3.05) is 0 Å². The van der Waals surface area contributed by atoms with E-state index in [2.05, 4.69) is 15.3 Å². The van der Waals surface area contributed by atoms with E-state index in [0.717, 1.165) is 5.69 Å². The summed E-state index contributed by atoms with van der Waals surface area (Å²) in [7, 11) is 0. The van der Waals surface area contributed by atoms with E-state index in [1.54, 1.807) is 12.4 Å². The molecule has 5 heteroatoms. The molecule has 0 N–H and O–H groups in total. The van der Waals surface area contributed by atoms with Crippen LogP contribution in [0.15, 0.2) is 30.6 Å². The van der Waals surface area contributed by atoms with Gasteiger partial charge in [0.05, 0.1) is 11.9 Å². The third-order valence-corrected chi connectivity index (χ3v) is 1.85. The number of hydrogen-bond acceptors (Lipinski definition) is 4. The first-order valence-corrected chi connectivity index (χ1v) is 4.56. The average molecular weight is 202 g/mol. The smallest absolute Gasteiger partial charge is 0.151 e. The topological polar surface area (TPSA) is 60.7 Å². The van der Waals surface area contributed by atoms with Crippen LogP contribution in [-0.2, 0) is 11.3 Å². The molecule has 2 rings (SSSR count). The second-order valence-corrected chi connectivity index (χ2v) is 3.22. The normalized spacial score (nSPS) is 10.2. The van der Waals surface area contributed by atoms with Crippen molar-refractivity contribution in [3.05, 3.63) is 30.6 Å². The van der Waals surface area contributed by atoms with E-state index in [1.807, 2.05) is 18.2 Å². The van der Waals surface area contributed by atoms with Crippen molar-refractivity contribution in [2.45, 2.75) is 13.5 Å². The minimum absolute atomic E-state index is 0.0486. The maximum absolute atomic E-state index is 10.9. The molecular weight excluding hydrogens is 192 g/mol. The summed E-state index contributed by atoms with van der Waals surface area (Å²) in [6.45, 7) is 1.77. The number of nitrogens with zero attached hydrogens (tertiary/aromatic N) is 4. The fourth-order valence-electron chi connectivity index (χ4n) is 1.24. The Morgan fingerprint density at radius 1 is 1.40 bits per heavy atom. The molecule has 0 aromatic carbocycles. The zero-order valence-corrected chi connectivity index (χ0v) is 8.29. The van der Waals surface area contributed by atoms with Crippen LogP contribution in [0.1, 0.15) is 6.92 Å². The standard InChI is InChI=1S/C10H10N4O/c1-8(15)6-14-7-10(12-13-14)9-4-2-3-5-11-9/h2-5,7H,6H2,1H3. The fraction of sp³-hybridized carbons (Fsp3) is 0.200. The molecule has 5 nitrogen and oxygen atoms in total. The van der Waals surface area contributed by atoms with Crippen molar-refractivity contribution < 1.29 is 4.79 Å². The van der Waals surface area contributed by atoms with E-state index in [4.69, 9.17) is 0 Å². The van der Waals surface area contributed by atoms with Crippen LogP contribution in [-0.4, -0.2) is 25.8 Å². The van der Waals surface area contributed by atoms with E-state index in [0.29, 0.717) is 5.69 Å². The van der Waals surface area contributed by atoms with Crippen molar-refractivity contribution in [1.82, 2.24) is 20.0 Å². The van der Waals surface area contributed by atoms with Gasteiger partial charge in [0.15, 0.2) is 5.78 Å². The lowest BCUT2D eigenvalue weighted by Gasteiger charge is -1.93. The van der Waals surface area contributed by atoms with Gasteiger partial charge in [0.25, 0.3) is 0 Å². The molecule has 0 aliphatic heterocycles. The SMILES string of the molecule is CC(=O)Cn1cc(-c2ccccn2)nn1. The number of pyridine rings is 1. The molecule has 0 aliphatic rings. The van der Waals surface area contributed by atoms with Crippen molar-refractivity contribution in [1.29, 1.82) is 0 Å². The first kappa shape index (κ1) is 9.51. The maximum Gasteiger partial charge on any atom is 0.151 e. The summed E-state index contributed by atoms with van der Waals surface area (Å²) >= 11 is 0. The van der Waals surface area contributed by atoms with Gasteiger partial charge in [0.1, 0.15) is 12.2 Å². The van der Waals surface area contributed by atoms with Crippen LogP contribution in [0, 0.1) is 0 Å². The van der Waals surface area contributed by atoms with Crippen LogP contribution in [0.5, 0.6) is 0 Å². The number of ketones is 1. The van der Waals surface area contributed by atoms with Gasteiger partial charge in [-0.05, 0) is 19.1 Å². The predicted octanol–water partition coefficient (Wildman–Crippen LogP) is 0.929. The highest BCUT2D eigenvalue weighted by Gasteiger charge is 2.05. The summed E-state index contributed by atoms with van der Waals surface area (Å²) in [5.41, 5.74) is 1.43. The molecule has 0 amide bonds. The Balaban J connectivity index is 2.24. The van der Waals surface area contributed by atoms with Gasteiger partial charge in [0, 0.05) is 6.20 Å². The molecule has 2 aromatic rings. The summed E-state index contributed by atoms with van der Waals surface area (Å²) in [4.78, 5) is 15.0. The Hall–Kier alpha value is -2.04. The number of aromatic nitrogens is 4. The zero-order valence-electron chi connectivity index (χ0n) is 8.29. The van der Waals surface area contributed by atoms with E-state index < -0.39 is 0 Å². The highest BCUT2D eigenvalue weighted by molar-refractivity contribution is 5.75.